The van der Waals surface area contributed by atoms with Gasteiger partial charge in [0.05, 0.1) is 0 Å². The Balaban J connectivity index is 1.91. The summed E-state index contributed by atoms with van der Waals surface area (Å²) in [4.78, 5) is 18.7. The molecule has 0 N–H and O–H groups in total. The number of carbonyl (C=O) groups is 1. The highest BCUT2D eigenvalue weighted by atomic mass is 35.5. The van der Waals surface area contributed by atoms with Crippen molar-refractivity contribution in [3.8, 4) is 0 Å². The van der Waals surface area contributed by atoms with Crippen molar-refractivity contribution in [3.63, 3.8) is 0 Å². The lowest BCUT2D eigenvalue weighted by Crippen LogP contribution is -2.21. The Hall–Kier alpha value is -2.59. The summed E-state index contributed by atoms with van der Waals surface area (Å²) in [5, 5.41) is 0.570. The average Bonchev–Trinajstić information content (AvgIpc) is 2.97. The SMILES string of the molecule is CCN(CC)c1cccc(/C=C2\N=C(c3cccc(Cl)c3)OC2=O)c1. The van der Waals surface area contributed by atoms with Crippen LogP contribution in [0.1, 0.15) is 25.0 Å². The molecule has 0 bridgehead atoms. The molecule has 0 fully saturated rings. The number of halogens is 1. The molecule has 4 nitrogen and oxygen atoms in total. The number of esters is 1. The van der Waals surface area contributed by atoms with Crippen molar-refractivity contribution in [1.29, 1.82) is 0 Å². The molecule has 0 aliphatic carbocycles. The molecule has 2 aromatic carbocycles. The Labute approximate surface area is 152 Å². The zero-order chi connectivity index (χ0) is 17.8. The van der Waals surface area contributed by atoms with Crippen LogP contribution in [-0.4, -0.2) is 25.0 Å². The molecule has 0 radical (unpaired) electrons. The number of aliphatic imine (C=N–C) groups is 1. The van der Waals surface area contributed by atoms with Crippen LogP contribution in [0, 0.1) is 0 Å². The lowest BCUT2D eigenvalue weighted by Gasteiger charge is -2.21. The van der Waals surface area contributed by atoms with Gasteiger partial charge in [-0.05, 0) is 55.8 Å². The minimum absolute atomic E-state index is 0.277. The second-order valence-electron chi connectivity index (χ2n) is 5.61. The maximum Gasteiger partial charge on any atom is 0.363 e. The molecule has 3 rings (SSSR count). The van der Waals surface area contributed by atoms with Crippen LogP contribution in [0.5, 0.6) is 0 Å². The van der Waals surface area contributed by atoms with Gasteiger partial charge in [0.25, 0.3) is 0 Å². The topological polar surface area (TPSA) is 41.9 Å². The molecule has 0 unspecified atom stereocenters. The van der Waals surface area contributed by atoms with Gasteiger partial charge in [-0.15, -0.1) is 0 Å². The van der Waals surface area contributed by atoms with E-state index in [0.717, 1.165) is 24.3 Å². The Morgan fingerprint density at radius 2 is 1.88 bits per heavy atom. The molecule has 0 atom stereocenters. The van der Waals surface area contributed by atoms with Crippen LogP contribution in [0.2, 0.25) is 5.02 Å². The Bertz CT molecular complexity index is 854. The third-order valence-electron chi connectivity index (χ3n) is 3.99. The summed E-state index contributed by atoms with van der Waals surface area (Å²) in [6.07, 6.45) is 1.74. The van der Waals surface area contributed by atoms with E-state index >= 15 is 0 Å². The molecule has 0 aromatic heterocycles. The number of anilines is 1. The molecule has 0 amide bonds. The van der Waals surface area contributed by atoms with E-state index in [1.807, 2.05) is 24.3 Å². The van der Waals surface area contributed by atoms with E-state index in [0.29, 0.717) is 10.6 Å². The quantitative estimate of drug-likeness (QED) is 0.585. The van der Waals surface area contributed by atoms with Crippen LogP contribution in [0.4, 0.5) is 5.69 Å². The molecule has 1 aliphatic heterocycles. The highest BCUT2D eigenvalue weighted by Gasteiger charge is 2.24. The fourth-order valence-electron chi connectivity index (χ4n) is 2.71. The first kappa shape index (κ1) is 17.2. The first-order chi connectivity index (χ1) is 12.1. The van der Waals surface area contributed by atoms with Crippen molar-refractivity contribution in [2.45, 2.75) is 13.8 Å². The van der Waals surface area contributed by atoms with E-state index in [1.165, 1.54) is 0 Å². The van der Waals surface area contributed by atoms with Gasteiger partial charge in [0.15, 0.2) is 5.70 Å². The lowest BCUT2D eigenvalue weighted by molar-refractivity contribution is -0.129. The molecular weight excluding hydrogens is 336 g/mol. The number of hydrogen-bond acceptors (Lipinski definition) is 4. The second kappa shape index (κ2) is 7.53. The summed E-state index contributed by atoms with van der Waals surface area (Å²) in [6.45, 7) is 6.08. The van der Waals surface area contributed by atoms with Gasteiger partial charge in [0, 0.05) is 29.4 Å². The summed E-state index contributed by atoms with van der Waals surface area (Å²) in [5.41, 5.74) is 2.99. The van der Waals surface area contributed by atoms with Gasteiger partial charge in [0.1, 0.15) is 0 Å². The van der Waals surface area contributed by atoms with E-state index in [4.69, 9.17) is 16.3 Å². The van der Waals surface area contributed by atoms with Crippen LogP contribution in [0.3, 0.4) is 0 Å². The molecule has 0 saturated heterocycles. The van der Waals surface area contributed by atoms with E-state index < -0.39 is 5.97 Å². The number of rotatable bonds is 5. The summed E-state index contributed by atoms with van der Waals surface area (Å²) >= 11 is 5.99. The highest BCUT2D eigenvalue weighted by molar-refractivity contribution is 6.31. The van der Waals surface area contributed by atoms with Gasteiger partial charge in [-0.3, -0.25) is 0 Å². The van der Waals surface area contributed by atoms with Gasteiger partial charge in [-0.2, -0.15) is 0 Å². The van der Waals surface area contributed by atoms with Crippen LogP contribution < -0.4 is 4.90 Å². The first-order valence-electron chi connectivity index (χ1n) is 8.24. The van der Waals surface area contributed by atoms with Crippen molar-refractivity contribution in [2.24, 2.45) is 4.99 Å². The van der Waals surface area contributed by atoms with Gasteiger partial charge in [-0.25, -0.2) is 9.79 Å². The monoisotopic (exact) mass is 354 g/mol. The first-order valence-corrected chi connectivity index (χ1v) is 8.62. The van der Waals surface area contributed by atoms with Gasteiger partial charge >= 0.3 is 5.97 Å². The number of benzene rings is 2. The summed E-state index contributed by atoms with van der Waals surface area (Å²) in [5.74, 6) is -0.179. The van der Waals surface area contributed by atoms with Gasteiger partial charge < -0.3 is 9.64 Å². The number of ether oxygens (including phenoxy) is 1. The van der Waals surface area contributed by atoms with Crippen molar-refractivity contribution in [3.05, 3.63) is 70.4 Å². The smallest absolute Gasteiger partial charge is 0.363 e. The Morgan fingerprint density at radius 1 is 1.12 bits per heavy atom. The molecule has 1 heterocycles. The molecule has 25 heavy (non-hydrogen) atoms. The van der Waals surface area contributed by atoms with E-state index in [1.54, 1.807) is 24.3 Å². The number of hydrogen-bond donors (Lipinski definition) is 0. The molecule has 1 aliphatic rings. The van der Waals surface area contributed by atoms with E-state index in [-0.39, 0.29) is 11.6 Å². The minimum Gasteiger partial charge on any atom is -0.402 e. The Kier molecular flexibility index (Phi) is 5.19. The summed E-state index contributed by atoms with van der Waals surface area (Å²) < 4.78 is 5.28. The van der Waals surface area contributed by atoms with E-state index in [2.05, 4.69) is 29.8 Å². The second-order valence-corrected chi connectivity index (χ2v) is 6.05. The van der Waals surface area contributed by atoms with Crippen LogP contribution >= 0.6 is 11.6 Å². The molecular formula is C20H19ClN2O2. The molecule has 128 valence electrons. The molecule has 5 heteroatoms. The number of nitrogens with zero attached hydrogens (tertiary/aromatic N) is 2. The fourth-order valence-corrected chi connectivity index (χ4v) is 2.90. The summed E-state index contributed by atoms with van der Waals surface area (Å²) in [6, 6.07) is 15.1. The maximum atomic E-state index is 12.1. The van der Waals surface area contributed by atoms with E-state index in [9.17, 15) is 4.79 Å². The number of cyclic esters (lactones) is 1. The fraction of sp³-hybridized carbons (Fsp3) is 0.200. The predicted molar refractivity (Wildman–Crippen MR) is 102 cm³/mol. The molecule has 2 aromatic rings. The van der Waals surface area contributed by atoms with Crippen LogP contribution in [-0.2, 0) is 9.53 Å². The number of carbonyl (C=O) groups excluding carboxylic acids is 1. The molecule has 0 saturated carbocycles. The summed E-state index contributed by atoms with van der Waals surface area (Å²) in [7, 11) is 0. The minimum atomic E-state index is -0.455. The van der Waals surface area contributed by atoms with Crippen LogP contribution in [0.15, 0.2) is 59.2 Å². The highest BCUT2D eigenvalue weighted by Crippen LogP contribution is 2.23. The largest absolute Gasteiger partial charge is 0.402 e. The van der Waals surface area contributed by atoms with Crippen LogP contribution in [0.25, 0.3) is 6.08 Å². The average molecular weight is 355 g/mol. The predicted octanol–water partition coefficient (Wildman–Crippen LogP) is 4.53. The zero-order valence-electron chi connectivity index (χ0n) is 14.2. The standard InChI is InChI=1S/C20H19ClN2O2/c1-3-23(4-2)17-10-5-7-14(11-17)12-18-20(24)25-19(22-18)15-8-6-9-16(21)13-15/h5-13H,3-4H2,1-2H3/b18-12-. The van der Waals surface area contributed by atoms with Crippen molar-refractivity contribution < 1.29 is 9.53 Å². The van der Waals surface area contributed by atoms with Gasteiger partial charge in [0.2, 0.25) is 5.90 Å². The van der Waals surface area contributed by atoms with Crippen molar-refractivity contribution in [1.82, 2.24) is 0 Å². The lowest BCUT2D eigenvalue weighted by atomic mass is 10.1. The van der Waals surface area contributed by atoms with Crippen molar-refractivity contribution >= 4 is 35.2 Å². The van der Waals surface area contributed by atoms with Gasteiger partial charge in [-0.1, -0.05) is 29.8 Å². The molecule has 0 spiro atoms. The Morgan fingerprint density at radius 3 is 2.60 bits per heavy atom. The zero-order valence-corrected chi connectivity index (χ0v) is 15.0. The third kappa shape index (κ3) is 3.91. The maximum absolute atomic E-state index is 12.1. The van der Waals surface area contributed by atoms with Crippen molar-refractivity contribution in [2.75, 3.05) is 18.0 Å². The normalized spacial score (nSPS) is 15.2. The third-order valence-corrected chi connectivity index (χ3v) is 4.23.